The molecule has 1 aliphatic carbocycles. The number of fused-ring (bicyclic) bond motifs is 4. The number of hydrogen-bond donors (Lipinski definition) is 1. The molecule has 3 heterocycles. The second-order valence-corrected chi connectivity index (χ2v) is 9.76. The maximum absolute atomic E-state index is 12.9. The summed E-state index contributed by atoms with van der Waals surface area (Å²) in [6.45, 7) is 0.891. The molecular formula is C22H22N4O2S2. The molecule has 8 heteroatoms. The fourth-order valence-electron chi connectivity index (χ4n) is 3.99. The van der Waals surface area contributed by atoms with Crippen LogP contribution in [0, 0.1) is 0 Å². The number of para-hydroxylation sites is 1. The van der Waals surface area contributed by atoms with Gasteiger partial charge in [0.25, 0.3) is 5.56 Å². The maximum atomic E-state index is 12.9. The Balaban J connectivity index is 1.19. The number of rotatable bonds is 6. The second kappa shape index (κ2) is 8.28. The Labute approximate surface area is 181 Å². The molecule has 0 atom stereocenters. The minimum absolute atomic E-state index is 0.0123. The van der Waals surface area contributed by atoms with Gasteiger partial charge >= 0.3 is 0 Å². The first kappa shape index (κ1) is 19.4. The number of benzene rings is 1. The van der Waals surface area contributed by atoms with E-state index >= 15 is 0 Å². The van der Waals surface area contributed by atoms with Gasteiger partial charge in [0, 0.05) is 30.8 Å². The Morgan fingerprint density at radius 1 is 1.17 bits per heavy atom. The molecular weight excluding hydrogens is 416 g/mol. The fourth-order valence-corrected chi connectivity index (χ4v) is 6.17. The smallest absolute Gasteiger partial charge is 0.262 e. The zero-order chi connectivity index (χ0) is 20.5. The molecule has 1 amide bonds. The molecule has 30 heavy (non-hydrogen) atoms. The lowest BCUT2D eigenvalue weighted by Gasteiger charge is -2.10. The summed E-state index contributed by atoms with van der Waals surface area (Å²) in [6, 6.07) is 8.04. The van der Waals surface area contributed by atoms with Crippen LogP contribution in [0.25, 0.3) is 20.4 Å². The molecule has 0 bridgehead atoms. The van der Waals surface area contributed by atoms with Gasteiger partial charge in [-0.05, 0) is 43.4 Å². The van der Waals surface area contributed by atoms with Gasteiger partial charge in [0.15, 0.2) is 0 Å². The van der Waals surface area contributed by atoms with Gasteiger partial charge in [0.05, 0.1) is 26.9 Å². The Hall–Kier alpha value is -2.58. The van der Waals surface area contributed by atoms with Gasteiger partial charge in [-0.25, -0.2) is 9.97 Å². The average molecular weight is 439 g/mol. The van der Waals surface area contributed by atoms with Crippen LogP contribution in [-0.2, 0) is 30.6 Å². The lowest BCUT2D eigenvalue weighted by Crippen LogP contribution is -2.29. The molecule has 0 radical (unpaired) electrons. The van der Waals surface area contributed by atoms with Crippen LogP contribution < -0.4 is 10.9 Å². The van der Waals surface area contributed by atoms with E-state index in [9.17, 15) is 9.59 Å². The van der Waals surface area contributed by atoms with Gasteiger partial charge < -0.3 is 5.32 Å². The van der Waals surface area contributed by atoms with E-state index in [1.54, 1.807) is 33.6 Å². The van der Waals surface area contributed by atoms with Crippen LogP contribution in [0.15, 0.2) is 35.4 Å². The van der Waals surface area contributed by atoms with Gasteiger partial charge in [-0.15, -0.1) is 22.7 Å². The summed E-state index contributed by atoms with van der Waals surface area (Å²) in [5.41, 5.74) is 2.18. The third-order valence-corrected chi connectivity index (χ3v) is 7.82. The molecule has 0 fully saturated rings. The van der Waals surface area contributed by atoms with Gasteiger partial charge in [0.1, 0.15) is 4.83 Å². The monoisotopic (exact) mass is 438 g/mol. The summed E-state index contributed by atoms with van der Waals surface area (Å²) in [4.78, 5) is 36.5. The highest BCUT2D eigenvalue weighted by molar-refractivity contribution is 7.19. The molecule has 1 N–H and O–H groups in total. The van der Waals surface area contributed by atoms with E-state index < -0.39 is 0 Å². The maximum Gasteiger partial charge on any atom is 0.262 e. The zero-order valence-electron chi connectivity index (χ0n) is 16.5. The van der Waals surface area contributed by atoms with Crippen LogP contribution in [0.5, 0.6) is 0 Å². The molecule has 0 saturated heterocycles. The number of hydrogen-bond acceptors (Lipinski definition) is 6. The summed E-state index contributed by atoms with van der Waals surface area (Å²) < 4.78 is 2.74. The molecule has 0 unspecified atom stereocenters. The highest BCUT2D eigenvalue weighted by Gasteiger charge is 2.20. The van der Waals surface area contributed by atoms with Crippen LogP contribution in [0.2, 0.25) is 0 Å². The molecule has 5 rings (SSSR count). The predicted octanol–water partition coefficient (Wildman–Crippen LogP) is 3.70. The van der Waals surface area contributed by atoms with Gasteiger partial charge in [-0.3, -0.25) is 14.2 Å². The third kappa shape index (κ3) is 3.77. The minimum Gasteiger partial charge on any atom is -0.356 e. The summed E-state index contributed by atoms with van der Waals surface area (Å²) in [5, 5.41) is 4.73. The van der Waals surface area contributed by atoms with E-state index in [0.29, 0.717) is 19.5 Å². The Morgan fingerprint density at radius 3 is 2.93 bits per heavy atom. The molecule has 1 aromatic carbocycles. The molecule has 6 nitrogen and oxygen atoms in total. The van der Waals surface area contributed by atoms with Crippen molar-refractivity contribution in [3.8, 4) is 0 Å². The number of aromatic nitrogens is 3. The van der Waals surface area contributed by atoms with E-state index in [1.807, 2.05) is 18.2 Å². The largest absolute Gasteiger partial charge is 0.356 e. The Morgan fingerprint density at radius 2 is 2.03 bits per heavy atom. The summed E-state index contributed by atoms with van der Waals surface area (Å²) in [5.74, 6) is -0.0598. The van der Waals surface area contributed by atoms with Crippen molar-refractivity contribution in [1.82, 2.24) is 19.9 Å². The number of carbonyl (C=O) groups is 1. The first-order valence-corrected chi connectivity index (χ1v) is 11.9. The number of thiazole rings is 1. The van der Waals surface area contributed by atoms with Gasteiger partial charge in [-0.1, -0.05) is 12.1 Å². The Bertz CT molecular complexity index is 1250. The van der Waals surface area contributed by atoms with Crippen molar-refractivity contribution in [1.29, 1.82) is 0 Å². The van der Waals surface area contributed by atoms with E-state index in [0.717, 1.165) is 44.7 Å². The van der Waals surface area contributed by atoms with Crippen molar-refractivity contribution in [3.63, 3.8) is 0 Å². The van der Waals surface area contributed by atoms with Crippen molar-refractivity contribution in [2.45, 2.75) is 45.1 Å². The molecule has 0 aliphatic heterocycles. The van der Waals surface area contributed by atoms with Gasteiger partial charge in [0.2, 0.25) is 5.91 Å². The number of nitrogens with zero attached hydrogens (tertiary/aromatic N) is 3. The van der Waals surface area contributed by atoms with E-state index in [4.69, 9.17) is 0 Å². The molecule has 154 valence electrons. The van der Waals surface area contributed by atoms with Crippen molar-refractivity contribution in [2.75, 3.05) is 6.54 Å². The lowest BCUT2D eigenvalue weighted by atomic mass is 9.97. The van der Waals surface area contributed by atoms with Crippen molar-refractivity contribution in [3.05, 3.63) is 56.4 Å². The van der Waals surface area contributed by atoms with E-state index in [-0.39, 0.29) is 17.9 Å². The molecule has 0 spiro atoms. The molecule has 4 aromatic rings. The SMILES string of the molecule is O=C(CCn1cnc2sc3c(c2c1=O)CCCC3)NCCc1nc2ccccc2s1. The Kier molecular flexibility index (Phi) is 5.35. The van der Waals surface area contributed by atoms with Crippen molar-refractivity contribution in [2.24, 2.45) is 0 Å². The standard InChI is InChI=1S/C22H22N4O2S2/c27-18(23-11-9-19-25-15-6-2-4-8-17(15)29-19)10-12-26-13-24-21-20(22(26)28)14-5-1-3-7-16(14)30-21/h2,4,6,8,13H,1,3,5,7,9-12H2,(H,23,27). The highest BCUT2D eigenvalue weighted by atomic mass is 32.1. The average Bonchev–Trinajstić information content (AvgIpc) is 3.34. The van der Waals surface area contributed by atoms with Crippen LogP contribution in [0.4, 0.5) is 0 Å². The number of nitrogens with one attached hydrogen (secondary N) is 1. The number of carbonyl (C=O) groups excluding carboxylic acids is 1. The summed E-state index contributed by atoms with van der Waals surface area (Å²) in [7, 11) is 0. The van der Waals surface area contributed by atoms with Crippen molar-refractivity contribution >= 4 is 49.0 Å². The third-order valence-electron chi connectivity index (χ3n) is 5.52. The lowest BCUT2D eigenvalue weighted by molar-refractivity contribution is -0.121. The van der Waals surface area contributed by atoms with E-state index in [1.165, 1.54) is 16.9 Å². The zero-order valence-corrected chi connectivity index (χ0v) is 18.2. The quantitative estimate of drug-likeness (QED) is 0.498. The van der Waals surface area contributed by atoms with Crippen LogP contribution in [0.1, 0.15) is 34.7 Å². The van der Waals surface area contributed by atoms with Gasteiger partial charge in [-0.2, -0.15) is 0 Å². The summed E-state index contributed by atoms with van der Waals surface area (Å²) >= 11 is 3.31. The highest BCUT2D eigenvalue weighted by Crippen LogP contribution is 2.33. The summed E-state index contributed by atoms with van der Waals surface area (Å²) in [6.07, 6.45) is 6.88. The molecule has 1 aliphatic rings. The fraction of sp³-hybridized carbons (Fsp3) is 0.364. The van der Waals surface area contributed by atoms with Crippen LogP contribution in [0.3, 0.4) is 0 Å². The first-order chi connectivity index (χ1) is 14.7. The second-order valence-electron chi connectivity index (χ2n) is 7.56. The normalized spacial score (nSPS) is 13.6. The minimum atomic E-state index is -0.0598. The molecule has 3 aromatic heterocycles. The van der Waals surface area contributed by atoms with Crippen LogP contribution >= 0.6 is 22.7 Å². The molecule has 0 saturated carbocycles. The topological polar surface area (TPSA) is 76.9 Å². The first-order valence-electron chi connectivity index (χ1n) is 10.3. The van der Waals surface area contributed by atoms with Crippen LogP contribution in [-0.4, -0.2) is 27.0 Å². The number of aryl methyl sites for hydroxylation is 3. The predicted molar refractivity (Wildman–Crippen MR) is 121 cm³/mol. The number of amides is 1. The van der Waals surface area contributed by atoms with Crippen molar-refractivity contribution < 1.29 is 4.79 Å². The number of thiophene rings is 1. The van der Waals surface area contributed by atoms with E-state index in [2.05, 4.69) is 21.4 Å².